The number of nitrogens with zero attached hydrogens (tertiary/aromatic N) is 2. The quantitative estimate of drug-likeness (QED) is 0.719. The van der Waals surface area contributed by atoms with Crippen LogP contribution in [0.1, 0.15) is 5.56 Å². The van der Waals surface area contributed by atoms with Gasteiger partial charge in [0.1, 0.15) is 23.2 Å². The van der Waals surface area contributed by atoms with Gasteiger partial charge >= 0.3 is 0 Å². The van der Waals surface area contributed by atoms with Crippen molar-refractivity contribution in [3.05, 3.63) is 64.6 Å². The molecule has 3 rings (SSSR count). The number of halogens is 1. The number of hydrogen-bond acceptors (Lipinski definition) is 4. The molecule has 3 aromatic rings. The van der Waals surface area contributed by atoms with Crippen molar-refractivity contribution >= 4 is 21.7 Å². The molecule has 0 saturated heterocycles. The summed E-state index contributed by atoms with van der Waals surface area (Å²) in [4.78, 5) is 4.38. The zero-order valence-corrected chi connectivity index (χ0v) is 14.5. The summed E-state index contributed by atoms with van der Waals surface area (Å²) in [5, 5.41) is 9.48. The van der Waals surface area contributed by atoms with Crippen LogP contribution >= 0.6 is 15.9 Å². The van der Waals surface area contributed by atoms with E-state index in [0.29, 0.717) is 5.56 Å². The van der Waals surface area contributed by atoms with Crippen LogP contribution in [0.5, 0.6) is 5.75 Å². The van der Waals surface area contributed by atoms with E-state index in [1.807, 2.05) is 54.6 Å². The SMILES string of the molecule is COc1cccc(-c2cc(-c3ccc(Br)cc3)nc(N)c2C#N)c1. The second kappa shape index (κ2) is 6.73. The molecule has 24 heavy (non-hydrogen) atoms. The molecule has 0 aliphatic rings. The average molecular weight is 380 g/mol. The van der Waals surface area contributed by atoms with E-state index in [-0.39, 0.29) is 5.82 Å². The van der Waals surface area contributed by atoms with Crippen LogP contribution in [0.4, 0.5) is 5.82 Å². The predicted octanol–water partition coefficient (Wildman–Crippen LogP) is 4.64. The fraction of sp³-hybridized carbons (Fsp3) is 0.0526. The van der Waals surface area contributed by atoms with Crippen LogP contribution in [0.15, 0.2) is 59.1 Å². The van der Waals surface area contributed by atoms with E-state index in [9.17, 15) is 5.26 Å². The van der Waals surface area contributed by atoms with Crippen LogP contribution in [0.2, 0.25) is 0 Å². The molecule has 0 radical (unpaired) electrons. The number of benzene rings is 2. The molecule has 2 aromatic carbocycles. The Morgan fingerprint density at radius 2 is 1.83 bits per heavy atom. The zero-order valence-electron chi connectivity index (χ0n) is 13.0. The first-order chi connectivity index (χ1) is 11.6. The number of pyridine rings is 1. The maximum atomic E-state index is 9.48. The Bertz CT molecular complexity index is 930. The summed E-state index contributed by atoms with van der Waals surface area (Å²) in [5.74, 6) is 0.938. The van der Waals surface area contributed by atoms with E-state index in [1.165, 1.54) is 0 Å². The maximum Gasteiger partial charge on any atom is 0.142 e. The Balaban J connectivity index is 2.20. The Hall–Kier alpha value is -2.84. The summed E-state index contributed by atoms with van der Waals surface area (Å²) in [6.07, 6.45) is 0. The lowest BCUT2D eigenvalue weighted by molar-refractivity contribution is 0.415. The summed E-state index contributed by atoms with van der Waals surface area (Å²) in [6, 6.07) is 19.4. The minimum Gasteiger partial charge on any atom is -0.497 e. The summed E-state index contributed by atoms with van der Waals surface area (Å²) in [5.41, 5.74) is 9.64. The first-order valence-corrected chi connectivity index (χ1v) is 8.02. The lowest BCUT2D eigenvalue weighted by Gasteiger charge is -2.11. The number of hydrogen-bond donors (Lipinski definition) is 1. The van der Waals surface area contributed by atoms with Crippen molar-refractivity contribution in [3.63, 3.8) is 0 Å². The number of nitrogen functional groups attached to an aromatic ring is 1. The zero-order chi connectivity index (χ0) is 17.1. The number of ether oxygens (including phenoxy) is 1. The molecule has 0 amide bonds. The van der Waals surface area contributed by atoms with Crippen LogP contribution in [0.3, 0.4) is 0 Å². The van der Waals surface area contributed by atoms with Crippen molar-refractivity contribution in [2.45, 2.75) is 0 Å². The van der Waals surface area contributed by atoms with Crippen molar-refractivity contribution in [2.24, 2.45) is 0 Å². The monoisotopic (exact) mass is 379 g/mol. The molecule has 0 aliphatic carbocycles. The Kier molecular flexibility index (Phi) is 4.50. The van der Waals surface area contributed by atoms with Gasteiger partial charge < -0.3 is 10.5 Å². The molecule has 0 unspecified atom stereocenters. The Morgan fingerprint density at radius 1 is 1.08 bits per heavy atom. The highest BCUT2D eigenvalue weighted by Gasteiger charge is 2.14. The molecular formula is C19H14BrN3O. The van der Waals surface area contributed by atoms with Gasteiger partial charge in [-0.15, -0.1) is 0 Å². The summed E-state index contributed by atoms with van der Waals surface area (Å²) >= 11 is 3.42. The molecule has 0 aliphatic heterocycles. The standard InChI is InChI=1S/C19H14BrN3O/c1-24-15-4-2-3-13(9-15)16-10-18(23-19(22)17(16)11-21)12-5-7-14(20)8-6-12/h2-10H,1H3,(H2,22,23). The third-order valence-corrected chi connectivity index (χ3v) is 4.21. The van der Waals surface area contributed by atoms with E-state index in [1.54, 1.807) is 7.11 Å². The largest absolute Gasteiger partial charge is 0.497 e. The lowest BCUT2D eigenvalue weighted by Crippen LogP contribution is -2.00. The highest BCUT2D eigenvalue weighted by molar-refractivity contribution is 9.10. The Labute approximate surface area is 148 Å². The Morgan fingerprint density at radius 3 is 2.50 bits per heavy atom. The first kappa shape index (κ1) is 16.0. The fourth-order valence-electron chi connectivity index (χ4n) is 2.47. The minimum atomic E-state index is 0.218. The average Bonchev–Trinajstić information content (AvgIpc) is 2.61. The number of nitrogens with two attached hydrogens (primary N) is 1. The molecule has 0 saturated carbocycles. The van der Waals surface area contributed by atoms with Gasteiger partial charge in [0.25, 0.3) is 0 Å². The smallest absolute Gasteiger partial charge is 0.142 e. The molecule has 0 atom stereocenters. The van der Waals surface area contributed by atoms with E-state index < -0.39 is 0 Å². The fourth-order valence-corrected chi connectivity index (χ4v) is 2.73. The molecule has 0 bridgehead atoms. The number of anilines is 1. The van der Waals surface area contributed by atoms with Crippen LogP contribution in [0, 0.1) is 11.3 Å². The summed E-state index contributed by atoms with van der Waals surface area (Å²) in [6.45, 7) is 0. The normalized spacial score (nSPS) is 10.2. The molecule has 4 nitrogen and oxygen atoms in total. The summed E-state index contributed by atoms with van der Waals surface area (Å²) < 4.78 is 6.26. The molecule has 1 aromatic heterocycles. The van der Waals surface area contributed by atoms with E-state index >= 15 is 0 Å². The van der Waals surface area contributed by atoms with E-state index in [0.717, 1.165) is 32.6 Å². The number of nitriles is 1. The van der Waals surface area contributed by atoms with Gasteiger partial charge in [-0.1, -0.05) is 40.2 Å². The number of rotatable bonds is 3. The molecule has 118 valence electrons. The van der Waals surface area contributed by atoms with Crippen LogP contribution in [0.25, 0.3) is 22.4 Å². The van der Waals surface area contributed by atoms with Gasteiger partial charge in [0.05, 0.1) is 12.8 Å². The van der Waals surface area contributed by atoms with E-state index in [4.69, 9.17) is 10.5 Å². The molecule has 1 heterocycles. The third-order valence-electron chi connectivity index (χ3n) is 3.68. The molecule has 0 spiro atoms. The van der Waals surface area contributed by atoms with Gasteiger partial charge in [-0.05, 0) is 35.9 Å². The van der Waals surface area contributed by atoms with Crippen molar-refractivity contribution < 1.29 is 4.74 Å². The van der Waals surface area contributed by atoms with Gasteiger partial charge in [-0.25, -0.2) is 4.98 Å². The van der Waals surface area contributed by atoms with Gasteiger partial charge in [0.2, 0.25) is 0 Å². The summed E-state index contributed by atoms with van der Waals surface area (Å²) in [7, 11) is 1.61. The number of aromatic nitrogens is 1. The predicted molar refractivity (Wildman–Crippen MR) is 98.5 cm³/mol. The van der Waals surface area contributed by atoms with Gasteiger partial charge in [-0.3, -0.25) is 0 Å². The highest BCUT2D eigenvalue weighted by Crippen LogP contribution is 2.33. The molecule has 0 fully saturated rings. The van der Waals surface area contributed by atoms with Gasteiger partial charge in [0, 0.05) is 15.6 Å². The topological polar surface area (TPSA) is 71.9 Å². The minimum absolute atomic E-state index is 0.218. The lowest BCUT2D eigenvalue weighted by atomic mass is 9.98. The highest BCUT2D eigenvalue weighted by atomic mass is 79.9. The first-order valence-electron chi connectivity index (χ1n) is 7.23. The van der Waals surface area contributed by atoms with Crippen LogP contribution in [-0.4, -0.2) is 12.1 Å². The van der Waals surface area contributed by atoms with Crippen molar-refractivity contribution in [2.75, 3.05) is 12.8 Å². The van der Waals surface area contributed by atoms with Crippen molar-refractivity contribution in [3.8, 4) is 34.2 Å². The molecule has 5 heteroatoms. The van der Waals surface area contributed by atoms with Crippen molar-refractivity contribution in [1.29, 1.82) is 5.26 Å². The van der Waals surface area contributed by atoms with Gasteiger partial charge in [0.15, 0.2) is 0 Å². The number of methoxy groups -OCH3 is 1. The van der Waals surface area contributed by atoms with Gasteiger partial charge in [-0.2, -0.15) is 5.26 Å². The molecular weight excluding hydrogens is 366 g/mol. The van der Waals surface area contributed by atoms with E-state index in [2.05, 4.69) is 27.0 Å². The van der Waals surface area contributed by atoms with Crippen LogP contribution in [-0.2, 0) is 0 Å². The second-order valence-electron chi connectivity index (χ2n) is 5.17. The maximum absolute atomic E-state index is 9.48. The van der Waals surface area contributed by atoms with Crippen molar-refractivity contribution in [1.82, 2.24) is 4.98 Å². The van der Waals surface area contributed by atoms with Crippen LogP contribution < -0.4 is 10.5 Å². The molecule has 2 N–H and O–H groups in total. The third kappa shape index (κ3) is 3.10. The second-order valence-corrected chi connectivity index (χ2v) is 6.08.